The van der Waals surface area contributed by atoms with Crippen molar-refractivity contribution in [3.8, 4) is 11.4 Å². The van der Waals surface area contributed by atoms with Crippen LogP contribution in [0.4, 0.5) is 0 Å². The third-order valence-corrected chi connectivity index (χ3v) is 6.00. The van der Waals surface area contributed by atoms with Crippen molar-refractivity contribution in [2.24, 2.45) is 0 Å². The molecule has 6 nitrogen and oxygen atoms in total. The van der Waals surface area contributed by atoms with E-state index >= 15 is 0 Å². The lowest BCUT2D eigenvalue weighted by atomic mass is 10.2. The number of thiophene rings is 1. The number of fused-ring (bicyclic) bond motifs is 1. The van der Waals surface area contributed by atoms with Crippen LogP contribution in [0.3, 0.4) is 0 Å². The van der Waals surface area contributed by atoms with Gasteiger partial charge in [0.05, 0.1) is 28.8 Å². The van der Waals surface area contributed by atoms with E-state index in [4.69, 9.17) is 4.74 Å². The molecule has 146 valence electrons. The summed E-state index contributed by atoms with van der Waals surface area (Å²) in [7, 11) is 1.62. The van der Waals surface area contributed by atoms with Gasteiger partial charge in [0.1, 0.15) is 5.75 Å². The lowest BCUT2D eigenvalue weighted by molar-refractivity contribution is -0.117. The zero-order chi connectivity index (χ0) is 20.2. The molecule has 0 aliphatic heterocycles. The molecule has 0 saturated carbocycles. The number of carbonyl (C=O) groups is 2. The monoisotopic (exact) mass is 423 g/mol. The van der Waals surface area contributed by atoms with E-state index in [1.807, 2.05) is 53.1 Å². The predicted octanol–water partition coefficient (Wildman–Crippen LogP) is 4.14. The topological polar surface area (TPSA) is 73.2 Å². The van der Waals surface area contributed by atoms with Crippen molar-refractivity contribution >= 4 is 45.9 Å². The first-order valence-corrected chi connectivity index (χ1v) is 10.6. The van der Waals surface area contributed by atoms with Gasteiger partial charge in [0.15, 0.2) is 5.16 Å². The first-order valence-electron chi connectivity index (χ1n) is 8.78. The van der Waals surface area contributed by atoms with Crippen LogP contribution in [-0.4, -0.2) is 34.2 Å². The second kappa shape index (κ2) is 8.50. The molecule has 2 aromatic carbocycles. The van der Waals surface area contributed by atoms with E-state index in [1.165, 1.54) is 23.1 Å². The van der Waals surface area contributed by atoms with E-state index in [9.17, 15) is 9.59 Å². The Kier molecular flexibility index (Phi) is 5.64. The Hall–Kier alpha value is -3.10. The number of rotatable bonds is 6. The third-order valence-electron chi connectivity index (χ3n) is 4.19. The normalized spacial score (nSPS) is 10.8. The number of aromatic nitrogens is 2. The molecule has 29 heavy (non-hydrogen) atoms. The van der Waals surface area contributed by atoms with Gasteiger partial charge in [-0.15, -0.1) is 11.3 Å². The van der Waals surface area contributed by atoms with Crippen LogP contribution in [0.5, 0.6) is 5.75 Å². The number of nitrogens with one attached hydrogen (secondary N) is 1. The molecule has 2 aromatic heterocycles. The molecule has 0 aliphatic rings. The molecule has 0 fully saturated rings. The fourth-order valence-electron chi connectivity index (χ4n) is 2.84. The lowest BCUT2D eigenvalue weighted by Crippen LogP contribution is -2.31. The number of imide groups is 1. The van der Waals surface area contributed by atoms with E-state index in [2.05, 4.69) is 10.3 Å². The number of nitrogens with zero attached hydrogens (tertiary/aromatic N) is 2. The number of imidazole rings is 1. The maximum absolute atomic E-state index is 12.3. The van der Waals surface area contributed by atoms with Crippen molar-refractivity contribution in [2.75, 3.05) is 12.9 Å². The quantitative estimate of drug-likeness (QED) is 0.472. The molecule has 2 heterocycles. The summed E-state index contributed by atoms with van der Waals surface area (Å²) in [4.78, 5) is 29.5. The minimum atomic E-state index is -0.380. The molecule has 4 rings (SSSR count). The minimum absolute atomic E-state index is 0.0800. The summed E-state index contributed by atoms with van der Waals surface area (Å²) in [5.74, 6) is 0.103. The standard InChI is InChI=1S/C21H17N3O3S2/c1-27-15-10-8-14(9-11-15)24-17-6-3-2-5-16(17)22-21(24)29-13-19(25)23-20(26)18-7-4-12-28-18/h2-12H,13H2,1H3,(H,23,25,26). The average Bonchev–Trinajstić information content (AvgIpc) is 3.40. The number of hydrogen-bond donors (Lipinski definition) is 1. The second-order valence-corrected chi connectivity index (χ2v) is 7.95. The van der Waals surface area contributed by atoms with Crippen molar-refractivity contribution in [3.05, 3.63) is 70.9 Å². The van der Waals surface area contributed by atoms with E-state index < -0.39 is 0 Å². The second-order valence-electron chi connectivity index (χ2n) is 6.06. The van der Waals surface area contributed by atoms with E-state index in [-0.39, 0.29) is 17.6 Å². The molecule has 0 aliphatic carbocycles. The Labute approximate surface area is 175 Å². The fraction of sp³-hybridized carbons (Fsp3) is 0.0952. The van der Waals surface area contributed by atoms with Gasteiger partial charge in [0.2, 0.25) is 5.91 Å². The van der Waals surface area contributed by atoms with Crippen LogP contribution in [0.25, 0.3) is 16.7 Å². The van der Waals surface area contributed by atoms with E-state index in [0.717, 1.165) is 22.5 Å². The molecule has 1 N–H and O–H groups in total. The van der Waals surface area contributed by atoms with Crippen molar-refractivity contribution in [2.45, 2.75) is 5.16 Å². The molecule has 0 unspecified atom stereocenters. The molecule has 0 atom stereocenters. The zero-order valence-corrected chi connectivity index (χ0v) is 17.1. The zero-order valence-electron chi connectivity index (χ0n) is 15.5. The Morgan fingerprint density at radius 3 is 2.62 bits per heavy atom. The summed E-state index contributed by atoms with van der Waals surface area (Å²) in [5, 5.41) is 4.89. The van der Waals surface area contributed by atoms with Gasteiger partial charge >= 0.3 is 0 Å². The summed E-state index contributed by atoms with van der Waals surface area (Å²) in [5.41, 5.74) is 2.69. The number of thioether (sulfide) groups is 1. The number of methoxy groups -OCH3 is 1. The van der Waals surface area contributed by atoms with Crippen LogP contribution >= 0.6 is 23.1 Å². The van der Waals surface area contributed by atoms with Crippen LogP contribution < -0.4 is 10.1 Å². The molecule has 4 aromatic rings. The lowest BCUT2D eigenvalue weighted by Gasteiger charge is -2.10. The molecule has 0 bridgehead atoms. The van der Waals surface area contributed by atoms with Gasteiger partial charge in [-0.05, 0) is 47.8 Å². The van der Waals surface area contributed by atoms with E-state index in [1.54, 1.807) is 24.6 Å². The number of ether oxygens (including phenoxy) is 1. The van der Waals surface area contributed by atoms with Gasteiger partial charge in [-0.1, -0.05) is 30.0 Å². The summed E-state index contributed by atoms with van der Waals surface area (Å²) < 4.78 is 7.23. The predicted molar refractivity (Wildman–Crippen MR) is 115 cm³/mol. The molecule has 0 spiro atoms. The maximum Gasteiger partial charge on any atom is 0.267 e. The third kappa shape index (κ3) is 4.18. The Balaban J connectivity index is 1.56. The molecular weight excluding hydrogens is 406 g/mol. The molecule has 8 heteroatoms. The first-order chi connectivity index (χ1) is 14.2. The highest BCUT2D eigenvalue weighted by Gasteiger charge is 2.16. The molecule has 0 radical (unpaired) electrons. The van der Waals surface area contributed by atoms with Gasteiger partial charge in [-0.2, -0.15) is 0 Å². The van der Waals surface area contributed by atoms with Gasteiger partial charge in [-0.25, -0.2) is 4.98 Å². The van der Waals surface area contributed by atoms with Gasteiger partial charge in [-0.3, -0.25) is 19.5 Å². The van der Waals surface area contributed by atoms with Crippen LogP contribution in [-0.2, 0) is 4.79 Å². The maximum atomic E-state index is 12.3. The number of para-hydroxylation sites is 2. The summed E-state index contributed by atoms with van der Waals surface area (Å²) >= 11 is 2.58. The number of amides is 2. The number of carbonyl (C=O) groups excluding carboxylic acids is 2. The average molecular weight is 424 g/mol. The van der Waals surface area contributed by atoms with Gasteiger partial charge < -0.3 is 4.74 Å². The van der Waals surface area contributed by atoms with E-state index in [0.29, 0.717) is 10.0 Å². The minimum Gasteiger partial charge on any atom is -0.497 e. The summed E-state index contributed by atoms with van der Waals surface area (Å²) in [6.45, 7) is 0. The van der Waals surface area contributed by atoms with Crippen LogP contribution in [0, 0.1) is 0 Å². The highest BCUT2D eigenvalue weighted by molar-refractivity contribution is 7.99. The highest BCUT2D eigenvalue weighted by Crippen LogP contribution is 2.28. The Morgan fingerprint density at radius 2 is 1.90 bits per heavy atom. The van der Waals surface area contributed by atoms with Crippen molar-refractivity contribution < 1.29 is 14.3 Å². The van der Waals surface area contributed by atoms with Crippen LogP contribution in [0.1, 0.15) is 9.67 Å². The highest BCUT2D eigenvalue weighted by atomic mass is 32.2. The fourth-order valence-corrected chi connectivity index (χ4v) is 4.29. The SMILES string of the molecule is COc1ccc(-n2c(SCC(=O)NC(=O)c3cccs3)nc3ccccc32)cc1. The summed E-state index contributed by atoms with van der Waals surface area (Å²) in [6.07, 6.45) is 0. The summed E-state index contributed by atoms with van der Waals surface area (Å²) in [6, 6.07) is 18.9. The first kappa shape index (κ1) is 19.2. The van der Waals surface area contributed by atoms with Gasteiger partial charge in [0, 0.05) is 5.69 Å². The van der Waals surface area contributed by atoms with Crippen molar-refractivity contribution in [1.82, 2.24) is 14.9 Å². The smallest absolute Gasteiger partial charge is 0.267 e. The Morgan fingerprint density at radius 1 is 1.10 bits per heavy atom. The number of hydrogen-bond acceptors (Lipinski definition) is 6. The van der Waals surface area contributed by atoms with Crippen molar-refractivity contribution in [3.63, 3.8) is 0 Å². The molecular formula is C21H17N3O3S2. The van der Waals surface area contributed by atoms with Gasteiger partial charge in [0.25, 0.3) is 5.91 Å². The van der Waals surface area contributed by atoms with Crippen LogP contribution in [0.2, 0.25) is 0 Å². The Bertz CT molecular complexity index is 1150. The molecule has 2 amide bonds. The van der Waals surface area contributed by atoms with Crippen LogP contribution in [0.15, 0.2) is 71.2 Å². The molecule has 0 saturated heterocycles. The largest absolute Gasteiger partial charge is 0.497 e. The number of benzene rings is 2. The van der Waals surface area contributed by atoms with Crippen molar-refractivity contribution in [1.29, 1.82) is 0 Å².